The third-order valence-electron chi connectivity index (χ3n) is 1.64. The van der Waals surface area contributed by atoms with Crippen LogP contribution in [0.5, 0.6) is 0 Å². The van der Waals surface area contributed by atoms with E-state index in [-0.39, 0.29) is 0 Å². The summed E-state index contributed by atoms with van der Waals surface area (Å²) < 4.78 is 0. The largest absolute Gasteiger partial charge is 0.106 e. The van der Waals surface area contributed by atoms with Crippen molar-refractivity contribution < 1.29 is 0 Å². The van der Waals surface area contributed by atoms with Crippen molar-refractivity contribution in [2.75, 3.05) is 0 Å². The number of hydrogen-bond donors (Lipinski definition) is 0. The molecule has 1 aromatic rings. The van der Waals surface area contributed by atoms with E-state index in [2.05, 4.69) is 64.3 Å². The highest BCUT2D eigenvalue weighted by Crippen LogP contribution is 2.20. The molecule has 0 aliphatic rings. The summed E-state index contributed by atoms with van der Waals surface area (Å²) in [5.74, 6) is 0. The zero-order valence-electron chi connectivity index (χ0n) is 12.3. The van der Waals surface area contributed by atoms with E-state index in [4.69, 9.17) is 0 Å². The summed E-state index contributed by atoms with van der Waals surface area (Å²) in [5.41, 5.74) is 1.69. The summed E-state index contributed by atoms with van der Waals surface area (Å²) in [6.45, 7) is 20.7. The van der Waals surface area contributed by atoms with E-state index < -0.39 is 0 Å². The van der Waals surface area contributed by atoms with E-state index in [0.717, 1.165) is 0 Å². The summed E-state index contributed by atoms with van der Waals surface area (Å²) >= 11 is 0. The molecule has 0 atom stereocenters. The monoisotopic (exact) mass is 222 g/mol. The van der Waals surface area contributed by atoms with Gasteiger partial charge in [0.15, 0.2) is 0 Å². The number of hydrogen-bond acceptors (Lipinski definition) is 0. The van der Waals surface area contributed by atoms with Crippen molar-refractivity contribution >= 4 is 0 Å². The van der Waals surface area contributed by atoms with Crippen LogP contribution in [-0.2, 0) is 5.41 Å². The first-order valence-electron chi connectivity index (χ1n) is 6.16. The van der Waals surface area contributed by atoms with Gasteiger partial charge in [0, 0.05) is 0 Å². The lowest BCUT2D eigenvalue weighted by Crippen LogP contribution is -2.10. The fourth-order valence-corrected chi connectivity index (χ4v) is 0.938. The summed E-state index contributed by atoms with van der Waals surface area (Å²) in [4.78, 5) is 0. The average Bonchev–Trinajstić information content (AvgIpc) is 2.37. The molecule has 0 aliphatic heterocycles. The Kier molecular flexibility index (Phi) is 17.8. The Bertz CT molecular complexity index is 203. The molecule has 1 rings (SSSR count). The Morgan fingerprint density at radius 2 is 1.06 bits per heavy atom. The minimum Gasteiger partial charge on any atom is -0.106 e. The molecule has 0 nitrogen and oxygen atoms in total. The molecular formula is C16H30. The van der Waals surface area contributed by atoms with Crippen LogP contribution in [0, 0.1) is 0 Å². The molecule has 0 heteroatoms. The zero-order valence-corrected chi connectivity index (χ0v) is 12.3. The van der Waals surface area contributed by atoms with Gasteiger partial charge in [-0.3, -0.25) is 0 Å². The highest BCUT2D eigenvalue weighted by atomic mass is 14.2. The van der Waals surface area contributed by atoms with E-state index >= 15 is 0 Å². The molecule has 16 heavy (non-hydrogen) atoms. The zero-order chi connectivity index (χ0) is 13.6. The minimum atomic E-state index is 0.293. The maximum atomic E-state index is 3.00. The average molecular weight is 222 g/mol. The quantitative estimate of drug-likeness (QED) is 0.484. The molecule has 0 unspecified atom stereocenters. The molecule has 0 radical (unpaired) electrons. The lowest BCUT2D eigenvalue weighted by Gasteiger charge is -2.18. The van der Waals surface area contributed by atoms with Crippen LogP contribution in [0.2, 0.25) is 0 Å². The maximum Gasteiger partial charge on any atom is -0.0132 e. The lowest BCUT2D eigenvalue weighted by molar-refractivity contribution is 0.590. The first-order chi connectivity index (χ1) is 7.61. The standard InChI is InChI=1S/C10H14.2C2H6.C2H4/c1-10(2,3)9-7-5-4-6-8-9;3*1-2/h4-8H,1-3H3;2*1-2H3;1-2H2. The van der Waals surface area contributed by atoms with E-state index in [1.165, 1.54) is 5.56 Å². The van der Waals surface area contributed by atoms with Gasteiger partial charge in [-0.25, -0.2) is 0 Å². The Labute approximate surface area is 103 Å². The van der Waals surface area contributed by atoms with Crippen molar-refractivity contribution in [3.63, 3.8) is 0 Å². The molecule has 0 N–H and O–H groups in total. The first-order valence-corrected chi connectivity index (χ1v) is 6.16. The summed E-state index contributed by atoms with van der Waals surface area (Å²) in [6.07, 6.45) is 0. The van der Waals surface area contributed by atoms with Gasteiger partial charge in [0.25, 0.3) is 0 Å². The second-order valence-corrected chi connectivity index (χ2v) is 3.62. The van der Waals surface area contributed by atoms with Crippen molar-refractivity contribution in [1.82, 2.24) is 0 Å². The third kappa shape index (κ3) is 11.0. The predicted octanol–water partition coefficient (Wildman–Crippen LogP) is 5.84. The maximum absolute atomic E-state index is 3.00. The van der Waals surface area contributed by atoms with Crippen molar-refractivity contribution in [3.8, 4) is 0 Å². The van der Waals surface area contributed by atoms with Crippen molar-refractivity contribution in [1.29, 1.82) is 0 Å². The van der Waals surface area contributed by atoms with Crippen molar-refractivity contribution in [3.05, 3.63) is 49.1 Å². The summed E-state index contributed by atoms with van der Waals surface area (Å²) in [7, 11) is 0. The molecule has 0 saturated heterocycles. The van der Waals surface area contributed by atoms with Crippen LogP contribution in [0.1, 0.15) is 54.0 Å². The minimum absolute atomic E-state index is 0.293. The van der Waals surface area contributed by atoms with E-state index in [9.17, 15) is 0 Å². The van der Waals surface area contributed by atoms with Gasteiger partial charge in [-0.1, -0.05) is 78.8 Å². The Balaban J connectivity index is -0.000000245. The van der Waals surface area contributed by atoms with Gasteiger partial charge in [-0.15, -0.1) is 13.2 Å². The smallest absolute Gasteiger partial charge is 0.0132 e. The highest BCUT2D eigenvalue weighted by Gasteiger charge is 2.11. The van der Waals surface area contributed by atoms with Gasteiger partial charge in [0.05, 0.1) is 0 Å². The Morgan fingerprint density at radius 3 is 1.25 bits per heavy atom. The number of rotatable bonds is 0. The van der Waals surface area contributed by atoms with E-state index in [1.807, 2.05) is 27.7 Å². The number of benzene rings is 1. The third-order valence-corrected chi connectivity index (χ3v) is 1.64. The fraction of sp³-hybridized carbons (Fsp3) is 0.500. The highest BCUT2D eigenvalue weighted by molar-refractivity contribution is 5.21. The SMILES string of the molecule is C=C.CC.CC.CC(C)(C)c1ccccc1. The Morgan fingerprint density at radius 1 is 0.750 bits per heavy atom. The normalized spacial score (nSPS) is 8.19. The van der Waals surface area contributed by atoms with Crippen LogP contribution < -0.4 is 0 Å². The van der Waals surface area contributed by atoms with Crippen molar-refractivity contribution in [2.45, 2.75) is 53.9 Å². The van der Waals surface area contributed by atoms with Crippen LogP contribution in [0.3, 0.4) is 0 Å². The van der Waals surface area contributed by atoms with Crippen LogP contribution >= 0.6 is 0 Å². The molecule has 0 heterocycles. The molecule has 0 saturated carbocycles. The lowest BCUT2D eigenvalue weighted by atomic mass is 9.87. The van der Waals surface area contributed by atoms with Crippen LogP contribution in [0.25, 0.3) is 0 Å². The van der Waals surface area contributed by atoms with Crippen molar-refractivity contribution in [2.24, 2.45) is 0 Å². The molecule has 94 valence electrons. The molecule has 0 fully saturated rings. The van der Waals surface area contributed by atoms with Gasteiger partial charge < -0.3 is 0 Å². The molecule has 0 bridgehead atoms. The van der Waals surface area contributed by atoms with Gasteiger partial charge in [-0.2, -0.15) is 0 Å². The van der Waals surface area contributed by atoms with Crippen LogP contribution in [-0.4, -0.2) is 0 Å². The topological polar surface area (TPSA) is 0 Å². The summed E-state index contributed by atoms with van der Waals surface area (Å²) in [6, 6.07) is 10.6. The first kappa shape index (κ1) is 20.4. The molecule has 0 amide bonds. The second kappa shape index (κ2) is 14.0. The fourth-order valence-electron chi connectivity index (χ4n) is 0.938. The summed E-state index contributed by atoms with van der Waals surface area (Å²) in [5, 5.41) is 0. The Hall–Kier alpha value is -1.04. The second-order valence-electron chi connectivity index (χ2n) is 3.62. The molecule has 0 spiro atoms. The van der Waals surface area contributed by atoms with E-state index in [1.54, 1.807) is 0 Å². The molecular weight excluding hydrogens is 192 g/mol. The van der Waals surface area contributed by atoms with Gasteiger partial charge in [-0.05, 0) is 11.0 Å². The van der Waals surface area contributed by atoms with Crippen LogP contribution in [0.4, 0.5) is 0 Å². The van der Waals surface area contributed by atoms with E-state index in [0.29, 0.717) is 5.41 Å². The molecule has 1 aromatic carbocycles. The van der Waals surface area contributed by atoms with Gasteiger partial charge >= 0.3 is 0 Å². The molecule has 0 aromatic heterocycles. The van der Waals surface area contributed by atoms with Crippen LogP contribution in [0.15, 0.2) is 43.5 Å². The van der Waals surface area contributed by atoms with Gasteiger partial charge in [0.1, 0.15) is 0 Å². The molecule has 0 aliphatic carbocycles. The predicted molar refractivity (Wildman–Crippen MR) is 79.1 cm³/mol. The van der Waals surface area contributed by atoms with Gasteiger partial charge in [0.2, 0.25) is 0 Å².